The zero-order chi connectivity index (χ0) is 33.4. The highest BCUT2D eigenvalue weighted by Crippen LogP contribution is 2.25. The number of carboxylic acids is 2. The Balaban J connectivity index is 0.000000385. The molecular formula is C26H37N8O11-. The van der Waals surface area contributed by atoms with Crippen molar-refractivity contribution in [2.75, 3.05) is 48.0 Å². The van der Waals surface area contributed by atoms with Crippen molar-refractivity contribution in [1.82, 2.24) is 15.3 Å². The Kier molecular flexibility index (Phi) is 12.0. The number of aromatic nitrogens is 2. The molecule has 0 spiro atoms. The summed E-state index contributed by atoms with van der Waals surface area (Å²) in [5, 5.41) is 64.4. The number of H-pyrrole nitrogens is 1. The van der Waals surface area contributed by atoms with Crippen LogP contribution in [0.3, 0.4) is 0 Å². The van der Waals surface area contributed by atoms with Gasteiger partial charge in [0.05, 0.1) is 18.7 Å². The van der Waals surface area contributed by atoms with Crippen molar-refractivity contribution in [1.29, 1.82) is 0 Å². The maximum Gasteiger partial charge on any atom is 0.326 e. The molecule has 3 heterocycles. The largest absolute Gasteiger partial charge is 0.550 e. The molecule has 1 amide bonds. The zero-order valence-electron chi connectivity index (χ0n) is 24.1. The number of nitrogens with two attached hydrogens (primary N) is 2. The van der Waals surface area contributed by atoms with Gasteiger partial charge in [-0.1, -0.05) is 0 Å². The van der Waals surface area contributed by atoms with Crippen molar-refractivity contribution < 1.29 is 49.8 Å². The van der Waals surface area contributed by atoms with Gasteiger partial charge >= 0.3 is 5.97 Å². The average Bonchev–Trinajstić information content (AvgIpc) is 2.99. The summed E-state index contributed by atoms with van der Waals surface area (Å²) in [6.45, 7) is 0.528. The summed E-state index contributed by atoms with van der Waals surface area (Å²) in [5.41, 5.74) is 11.8. The predicted molar refractivity (Wildman–Crippen MR) is 156 cm³/mol. The number of aliphatic hydroxyl groups is 4. The lowest BCUT2D eigenvalue weighted by molar-refractivity contribution is -0.305. The number of amides is 1. The van der Waals surface area contributed by atoms with Crippen LogP contribution in [0.15, 0.2) is 29.1 Å². The van der Waals surface area contributed by atoms with Crippen molar-refractivity contribution in [3.8, 4) is 0 Å². The number of likely N-dealkylation sites (N-methyl/N-ethyl adjacent to an activating group) is 1. The number of carboxylic acid groups (broad SMARTS) is 2. The molecule has 19 nitrogen and oxygen atoms in total. The third-order valence-electron chi connectivity index (χ3n) is 7.20. The van der Waals surface area contributed by atoms with E-state index >= 15 is 0 Å². The number of hydrogen-bond acceptors (Lipinski definition) is 16. The van der Waals surface area contributed by atoms with Crippen molar-refractivity contribution in [2.45, 2.75) is 55.6 Å². The van der Waals surface area contributed by atoms with Gasteiger partial charge in [0, 0.05) is 37.4 Å². The molecule has 1 aromatic heterocycles. The van der Waals surface area contributed by atoms with Gasteiger partial charge in [0.2, 0.25) is 5.95 Å². The number of aliphatic carboxylic acids is 2. The number of rotatable bonds is 10. The molecule has 1 unspecified atom stereocenters. The summed E-state index contributed by atoms with van der Waals surface area (Å²) >= 11 is 0. The molecule has 1 aromatic carbocycles. The third kappa shape index (κ3) is 9.00. The van der Waals surface area contributed by atoms with Crippen molar-refractivity contribution in [3.63, 3.8) is 0 Å². The Morgan fingerprint density at radius 2 is 1.87 bits per heavy atom. The number of carbonyl (C=O) groups excluding carboxylic acids is 2. The Bertz CT molecular complexity index is 1390. The van der Waals surface area contributed by atoms with Gasteiger partial charge in [-0.2, -0.15) is 4.98 Å². The van der Waals surface area contributed by atoms with Crippen LogP contribution in [-0.4, -0.2) is 123 Å². The molecule has 0 saturated carbocycles. The fourth-order valence-corrected chi connectivity index (χ4v) is 4.53. The summed E-state index contributed by atoms with van der Waals surface area (Å²) in [6.07, 6.45) is -5.61. The standard InChI is InChI=1S/C20H25N7O6.C6H13NO5/c1-27-12(9-23-16-15(27)18(31)26-20(21)25-16)8-22-11-4-2-10(3-5-11)17(30)24-13(19(32)33)6-7-14(28)29;7-3-5(10)4(9)2(1-8)12-6(3)11/h2-5,12-13,22H,6-9H2,1H3,(H,24,30)(H,28,29)(H,32,33)(H4,21,23,25,26,31);2-6,8-11H,1,7H2/p-1/t12-,13+;2-,3-,4+,5-,6?/m11/s1. The van der Waals surface area contributed by atoms with E-state index in [1.807, 2.05) is 4.90 Å². The Morgan fingerprint density at radius 1 is 1.20 bits per heavy atom. The second-order valence-electron chi connectivity index (χ2n) is 10.3. The first kappa shape index (κ1) is 35.0. The number of nitrogens with zero attached hydrogens (tertiary/aromatic N) is 2. The van der Waals surface area contributed by atoms with Crippen LogP contribution in [0.1, 0.15) is 23.2 Å². The first-order valence-corrected chi connectivity index (χ1v) is 13.7. The van der Waals surface area contributed by atoms with Gasteiger partial charge in [-0.3, -0.25) is 14.6 Å². The third-order valence-corrected chi connectivity index (χ3v) is 7.20. The summed E-state index contributed by atoms with van der Waals surface area (Å²) in [4.78, 5) is 54.7. The maximum absolute atomic E-state index is 12.3. The molecule has 7 atom stereocenters. The normalized spacial score (nSPS) is 24.6. The highest BCUT2D eigenvalue weighted by molar-refractivity contribution is 5.96. The van der Waals surface area contributed by atoms with Crippen molar-refractivity contribution in [2.24, 2.45) is 5.73 Å². The topological polar surface area (TPSA) is 322 Å². The van der Waals surface area contributed by atoms with E-state index in [0.717, 1.165) is 0 Å². The quantitative estimate of drug-likeness (QED) is 0.116. The Labute approximate surface area is 255 Å². The fourth-order valence-electron chi connectivity index (χ4n) is 4.53. The Morgan fingerprint density at radius 3 is 2.47 bits per heavy atom. The van der Waals surface area contributed by atoms with Crippen LogP contribution in [0.25, 0.3) is 0 Å². The lowest BCUT2D eigenvalue weighted by atomic mass is 9.98. The summed E-state index contributed by atoms with van der Waals surface area (Å²) in [5.74, 6) is -2.89. The number of hydrogen-bond donors (Lipinski definition) is 11. The first-order chi connectivity index (χ1) is 21.2. The number of aromatic amines is 1. The van der Waals surface area contributed by atoms with Crippen molar-refractivity contribution >= 4 is 41.0 Å². The minimum atomic E-state index is -1.39. The summed E-state index contributed by atoms with van der Waals surface area (Å²) in [7, 11) is 1.78. The van der Waals surface area contributed by atoms with E-state index in [1.54, 1.807) is 19.2 Å². The average molecular weight is 638 g/mol. The van der Waals surface area contributed by atoms with Crippen LogP contribution >= 0.6 is 0 Å². The van der Waals surface area contributed by atoms with Gasteiger partial charge in [0.1, 0.15) is 30.0 Å². The molecule has 45 heavy (non-hydrogen) atoms. The monoisotopic (exact) mass is 637 g/mol. The smallest absolute Gasteiger partial charge is 0.326 e. The number of carbonyl (C=O) groups is 3. The number of anilines is 4. The first-order valence-electron chi connectivity index (χ1n) is 13.7. The second kappa shape index (κ2) is 15.5. The van der Waals surface area contributed by atoms with Crippen LogP contribution in [0.5, 0.6) is 0 Å². The molecule has 2 aliphatic heterocycles. The lowest BCUT2D eigenvalue weighted by Crippen LogP contribution is -2.61. The van der Waals surface area contributed by atoms with Crippen LogP contribution in [0, 0.1) is 0 Å². The lowest BCUT2D eigenvalue weighted by Gasteiger charge is -2.38. The molecule has 0 bridgehead atoms. The highest BCUT2D eigenvalue weighted by Gasteiger charge is 2.41. The minimum absolute atomic E-state index is 0.0360. The van der Waals surface area contributed by atoms with E-state index in [9.17, 15) is 34.5 Å². The zero-order valence-corrected chi connectivity index (χ0v) is 24.1. The van der Waals surface area contributed by atoms with Crippen LogP contribution in [0.2, 0.25) is 0 Å². The second-order valence-corrected chi connectivity index (χ2v) is 10.3. The molecule has 2 aliphatic rings. The van der Waals surface area contributed by atoms with Gasteiger partial charge in [-0.15, -0.1) is 0 Å². The number of nitrogen functional groups attached to an aromatic ring is 1. The van der Waals surface area contributed by atoms with E-state index in [2.05, 4.69) is 25.9 Å². The van der Waals surface area contributed by atoms with Crippen LogP contribution in [0.4, 0.5) is 23.1 Å². The van der Waals surface area contributed by atoms with E-state index < -0.39 is 67.6 Å². The molecular weight excluding hydrogens is 600 g/mol. The summed E-state index contributed by atoms with van der Waals surface area (Å²) < 4.78 is 4.70. The number of ether oxygens (including phenoxy) is 1. The molecule has 0 radical (unpaired) electrons. The minimum Gasteiger partial charge on any atom is -0.550 e. The van der Waals surface area contributed by atoms with E-state index in [0.29, 0.717) is 30.3 Å². The number of benzene rings is 1. The van der Waals surface area contributed by atoms with Crippen LogP contribution < -0.4 is 43.0 Å². The molecule has 248 valence electrons. The molecule has 1 saturated heterocycles. The number of fused-ring (bicyclic) bond motifs is 1. The van der Waals surface area contributed by atoms with Gasteiger partial charge in [-0.25, -0.2) is 4.79 Å². The highest BCUT2D eigenvalue weighted by atomic mass is 16.6. The van der Waals surface area contributed by atoms with Crippen molar-refractivity contribution in [3.05, 3.63) is 40.2 Å². The number of nitrogens with one attached hydrogen (secondary N) is 4. The molecule has 0 aliphatic carbocycles. The van der Waals surface area contributed by atoms with Gasteiger partial charge in [0.15, 0.2) is 12.1 Å². The predicted octanol–water partition coefficient (Wildman–Crippen LogP) is -4.85. The Hall–Kier alpha value is -4.53. The molecule has 1 fully saturated rings. The molecule has 4 rings (SSSR count). The molecule has 2 aromatic rings. The van der Waals surface area contributed by atoms with Gasteiger partial charge in [-0.05, 0) is 37.1 Å². The molecule has 13 N–H and O–H groups in total. The SMILES string of the molecule is CN1c2c(nc(N)[nH]c2=O)NC[C@H]1CNc1ccc(C(=O)N[C@@H](CCC(=O)[O-])C(=O)O)cc1.N[C@H]1C(O)O[C@H](CO)[C@H](O)[C@@H]1O. The van der Waals surface area contributed by atoms with E-state index in [1.165, 1.54) is 12.1 Å². The number of aliphatic hydroxyl groups excluding tert-OH is 4. The molecule has 19 heteroatoms. The van der Waals surface area contributed by atoms with E-state index in [4.69, 9.17) is 31.5 Å². The summed E-state index contributed by atoms with van der Waals surface area (Å²) in [6, 6.07) is 3.90. The fraction of sp³-hybridized carbons (Fsp3) is 0.500. The van der Waals surface area contributed by atoms with Gasteiger partial charge in [0.25, 0.3) is 11.5 Å². The van der Waals surface area contributed by atoms with Crippen LogP contribution in [-0.2, 0) is 14.3 Å². The van der Waals surface area contributed by atoms with E-state index in [-0.39, 0.29) is 29.5 Å². The van der Waals surface area contributed by atoms with Gasteiger partial charge < -0.3 is 72.5 Å². The maximum atomic E-state index is 12.3.